The molecule has 5 nitrogen and oxygen atoms in total. The zero-order chi connectivity index (χ0) is 18.5. The van der Waals surface area contributed by atoms with Crippen LogP contribution in [-0.2, 0) is 14.8 Å². The van der Waals surface area contributed by atoms with Crippen LogP contribution in [0.25, 0.3) is 0 Å². The molecule has 0 aliphatic carbocycles. The Morgan fingerprint density at radius 1 is 1.00 bits per heavy atom. The summed E-state index contributed by atoms with van der Waals surface area (Å²) in [5, 5.41) is 0. The Kier molecular flexibility index (Phi) is 5.91. The zero-order valence-electron chi connectivity index (χ0n) is 13.2. The summed E-state index contributed by atoms with van der Waals surface area (Å²) < 4.78 is 73.0. The largest absolute Gasteiger partial charge is 0.516 e. The number of hydrogen-bond donors (Lipinski definition) is 0. The Labute approximate surface area is 143 Å². The molecule has 0 heterocycles. The molecule has 0 saturated heterocycles. The summed E-state index contributed by atoms with van der Waals surface area (Å²) in [6, 6.07) is 13.9. The van der Waals surface area contributed by atoms with Gasteiger partial charge >= 0.3 is 15.5 Å². The van der Waals surface area contributed by atoms with Gasteiger partial charge in [-0.15, -0.1) is 0 Å². The Morgan fingerprint density at radius 3 is 2.24 bits per heavy atom. The fraction of sp³-hybridized carbons (Fsp3) is 0.250. The van der Waals surface area contributed by atoms with E-state index in [-0.39, 0.29) is 22.3 Å². The Hall–Kier alpha value is -2.26. The van der Waals surface area contributed by atoms with Gasteiger partial charge in [0.05, 0.1) is 5.69 Å². The standard InChI is InChI=1S/C16H16F3NO4S/c1-2-23-12-20(25(21,22)16(17,18)19)13-7-6-10-15(11-13)24-14-8-4-3-5-9-14/h3-11H,2,12H2,1H3. The molecule has 2 aromatic rings. The third-order valence-corrected chi connectivity index (χ3v) is 4.56. The number of alkyl halides is 3. The maximum absolute atomic E-state index is 12.9. The fourth-order valence-electron chi connectivity index (χ4n) is 1.91. The SMILES string of the molecule is CCOCN(c1cccc(Oc2ccccc2)c1)S(=O)(=O)C(F)(F)F. The number of para-hydroxylation sites is 1. The van der Waals surface area contributed by atoms with Crippen LogP contribution in [0, 0.1) is 0 Å². The first-order valence-corrected chi connectivity index (χ1v) is 8.69. The number of halogens is 3. The predicted octanol–water partition coefficient (Wildman–Crippen LogP) is 4.13. The van der Waals surface area contributed by atoms with Crippen LogP contribution >= 0.6 is 0 Å². The zero-order valence-corrected chi connectivity index (χ0v) is 14.0. The summed E-state index contributed by atoms with van der Waals surface area (Å²) >= 11 is 0. The molecule has 0 bridgehead atoms. The molecule has 0 N–H and O–H groups in total. The van der Waals surface area contributed by atoms with Gasteiger partial charge in [-0.1, -0.05) is 24.3 Å². The molecule has 136 valence electrons. The molecule has 0 atom stereocenters. The van der Waals surface area contributed by atoms with Gasteiger partial charge in [-0.2, -0.15) is 21.6 Å². The van der Waals surface area contributed by atoms with Crippen LogP contribution in [0.1, 0.15) is 6.92 Å². The quantitative estimate of drug-likeness (QED) is 0.683. The first-order valence-electron chi connectivity index (χ1n) is 7.25. The minimum absolute atomic E-state index is 0.0596. The van der Waals surface area contributed by atoms with Crippen LogP contribution in [0.15, 0.2) is 54.6 Å². The average Bonchev–Trinajstić information content (AvgIpc) is 2.55. The van der Waals surface area contributed by atoms with Crippen molar-refractivity contribution in [3.8, 4) is 11.5 Å². The van der Waals surface area contributed by atoms with E-state index in [0.29, 0.717) is 5.75 Å². The molecular weight excluding hydrogens is 359 g/mol. The van der Waals surface area contributed by atoms with Gasteiger partial charge in [0.15, 0.2) is 0 Å². The van der Waals surface area contributed by atoms with Crippen LogP contribution in [-0.4, -0.2) is 27.3 Å². The summed E-state index contributed by atoms with van der Waals surface area (Å²) in [7, 11) is -5.60. The number of rotatable bonds is 7. The highest BCUT2D eigenvalue weighted by molar-refractivity contribution is 7.93. The Balaban J connectivity index is 2.36. The predicted molar refractivity (Wildman–Crippen MR) is 86.9 cm³/mol. The molecule has 2 aromatic carbocycles. The monoisotopic (exact) mass is 375 g/mol. The highest BCUT2D eigenvalue weighted by Gasteiger charge is 2.50. The van der Waals surface area contributed by atoms with E-state index in [1.54, 1.807) is 37.3 Å². The number of hydrogen-bond acceptors (Lipinski definition) is 4. The third-order valence-electron chi connectivity index (χ3n) is 3.08. The lowest BCUT2D eigenvalue weighted by atomic mass is 10.3. The van der Waals surface area contributed by atoms with Crippen LogP contribution in [0.4, 0.5) is 18.9 Å². The number of sulfonamides is 1. The lowest BCUT2D eigenvalue weighted by Gasteiger charge is -2.25. The van der Waals surface area contributed by atoms with Gasteiger partial charge in [0, 0.05) is 12.7 Å². The second-order valence-electron chi connectivity index (χ2n) is 4.83. The van der Waals surface area contributed by atoms with E-state index in [2.05, 4.69) is 0 Å². The summed E-state index contributed by atoms with van der Waals surface area (Å²) in [6.07, 6.45) is 0. The van der Waals surface area contributed by atoms with Gasteiger partial charge in [0.2, 0.25) is 0 Å². The van der Waals surface area contributed by atoms with Crippen molar-refractivity contribution in [3.63, 3.8) is 0 Å². The normalized spacial score (nSPS) is 12.0. The highest BCUT2D eigenvalue weighted by Crippen LogP contribution is 2.33. The van der Waals surface area contributed by atoms with Gasteiger partial charge in [-0.3, -0.25) is 0 Å². The van der Waals surface area contributed by atoms with Gasteiger partial charge in [0.1, 0.15) is 18.2 Å². The fourth-order valence-corrected chi connectivity index (χ4v) is 2.76. The Bertz CT molecular complexity index is 795. The van der Waals surface area contributed by atoms with Gasteiger partial charge in [-0.05, 0) is 31.2 Å². The van der Waals surface area contributed by atoms with Crippen molar-refractivity contribution in [1.82, 2.24) is 0 Å². The third kappa shape index (κ3) is 4.64. The van der Waals surface area contributed by atoms with E-state index in [1.807, 2.05) is 0 Å². The van der Waals surface area contributed by atoms with E-state index in [0.717, 1.165) is 0 Å². The van der Waals surface area contributed by atoms with Crippen molar-refractivity contribution in [2.75, 3.05) is 17.6 Å². The lowest BCUT2D eigenvalue weighted by molar-refractivity contribution is -0.0445. The van der Waals surface area contributed by atoms with Gasteiger partial charge in [-0.25, -0.2) is 4.31 Å². The summed E-state index contributed by atoms with van der Waals surface area (Å²) in [5.41, 5.74) is -5.65. The van der Waals surface area contributed by atoms with Crippen molar-refractivity contribution in [1.29, 1.82) is 0 Å². The van der Waals surface area contributed by atoms with Gasteiger partial charge in [0.25, 0.3) is 0 Å². The first-order chi connectivity index (χ1) is 11.8. The van der Waals surface area contributed by atoms with Crippen LogP contribution in [0.3, 0.4) is 0 Å². The second kappa shape index (κ2) is 7.75. The average molecular weight is 375 g/mol. The van der Waals surface area contributed by atoms with E-state index in [4.69, 9.17) is 9.47 Å². The Morgan fingerprint density at radius 2 is 1.64 bits per heavy atom. The van der Waals surface area contributed by atoms with Crippen LogP contribution in [0.2, 0.25) is 0 Å². The molecule has 0 aromatic heterocycles. The van der Waals surface area contributed by atoms with Crippen molar-refractivity contribution in [2.45, 2.75) is 12.4 Å². The van der Waals surface area contributed by atoms with E-state index < -0.39 is 22.3 Å². The molecule has 0 aliphatic rings. The maximum atomic E-state index is 12.9. The second-order valence-corrected chi connectivity index (χ2v) is 6.69. The maximum Gasteiger partial charge on any atom is 0.516 e. The first kappa shape index (κ1) is 19.1. The number of benzene rings is 2. The molecular formula is C16H16F3NO4S. The summed E-state index contributed by atoms with van der Waals surface area (Å²) in [6.45, 7) is 0.852. The van der Waals surface area contributed by atoms with E-state index >= 15 is 0 Å². The van der Waals surface area contributed by atoms with E-state index in [9.17, 15) is 21.6 Å². The highest BCUT2D eigenvalue weighted by atomic mass is 32.2. The molecule has 2 rings (SSSR count). The van der Waals surface area contributed by atoms with Crippen molar-refractivity contribution >= 4 is 15.7 Å². The topological polar surface area (TPSA) is 55.8 Å². The molecule has 0 spiro atoms. The molecule has 0 amide bonds. The van der Waals surface area contributed by atoms with Crippen molar-refractivity contribution in [3.05, 3.63) is 54.6 Å². The molecule has 0 aliphatic heterocycles. The smallest absolute Gasteiger partial charge is 0.457 e. The number of anilines is 1. The lowest BCUT2D eigenvalue weighted by Crippen LogP contribution is -2.42. The van der Waals surface area contributed by atoms with E-state index in [1.165, 1.54) is 24.3 Å². The molecule has 25 heavy (non-hydrogen) atoms. The number of nitrogens with zero attached hydrogens (tertiary/aromatic N) is 1. The van der Waals surface area contributed by atoms with Crippen LogP contribution in [0.5, 0.6) is 11.5 Å². The molecule has 0 saturated carbocycles. The summed E-state index contributed by atoms with van der Waals surface area (Å²) in [4.78, 5) is 0. The molecule has 9 heteroatoms. The number of ether oxygens (including phenoxy) is 2. The minimum atomic E-state index is -5.60. The molecule has 0 radical (unpaired) electrons. The molecule has 0 unspecified atom stereocenters. The minimum Gasteiger partial charge on any atom is -0.457 e. The summed E-state index contributed by atoms with van der Waals surface area (Å²) in [5.74, 6) is 0.664. The van der Waals surface area contributed by atoms with Gasteiger partial charge < -0.3 is 9.47 Å². The molecule has 0 fully saturated rings. The van der Waals surface area contributed by atoms with Crippen molar-refractivity contribution in [2.24, 2.45) is 0 Å². The van der Waals surface area contributed by atoms with Crippen molar-refractivity contribution < 1.29 is 31.1 Å². The van der Waals surface area contributed by atoms with Crippen LogP contribution < -0.4 is 9.04 Å².